The van der Waals surface area contributed by atoms with Crippen molar-refractivity contribution in [2.75, 3.05) is 4.90 Å². The highest BCUT2D eigenvalue weighted by Crippen LogP contribution is 2.40. The zero-order chi connectivity index (χ0) is 40.0. The van der Waals surface area contributed by atoms with Crippen molar-refractivity contribution in [2.24, 2.45) is 0 Å². The molecule has 8 aromatic carbocycles. The van der Waals surface area contributed by atoms with Gasteiger partial charge in [0.1, 0.15) is 0 Å². The molecule has 0 spiro atoms. The van der Waals surface area contributed by atoms with Gasteiger partial charge in [-0.25, -0.2) is 0 Å². The molecule has 0 aliphatic carbocycles. The van der Waals surface area contributed by atoms with Gasteiger partial charge in [0.2, 0.25) is 0 Å². The number of anilines is 3. The third kappa shape index (κ3) is 7.12. The third-order valence-corrected chi connectivity index (χ3v) is 11.5. The van der Waals surface area contributed by atoms with Gasteiger partial charge < -0.3 is 9.47 Å². The van der Waals surface area contributed by atoms with Gasteiger partial charge in [-0.3, -0.25) is 0 Å². The maximum absolute atomic E-state index is 2.43. The van der Waals surface area contributed by atoms with Crippen LogP contribution in [0.15, 0.2) is 194 Å². The van der Waals surface area contributed by atoms with Gasteiger partial charge in [0, 0.05) is 33.5 Å². The SMILES string of the molecule is CC(C)(C)c1ccc2c(c1)c1cc(C(C)(C)C)ccc1n2-c1ccc(-c2ccc(N(c3ccc(-c4ccccc4)cc3)c3ccc(-c4ccccc4)cc3)cc2)cc1. The molecule has 1 aromatic heterocycles. The average Bonchev–Trinajstić information content (AvgIpc) is 3.58. The first-order valence-electron chi connectivity index (χ1n) is 20.4. The fraction of sp³-hybridized carbons (Fsp3) is 0.143. The smallest absolute Gasteiger partial charge is 0.0541 e. The summed E-state index contributed by atoms with van der Waals surface area (Å²) in [5, 5.41) is 2.62. The summed E-state index contributed by atoms with van der Waals surface area (Å²) in [5.74, 6) is 0. The van der Waals surface area contributed by atoms with E-state index in [1.807, 2.05) is 0 Å². The lowest BCUT2D eigenvalue weighted by Gasteiger charge is -2.26. The Kier molecular flexibility index (Phi) is 9.37. The van der Waals surface area contributed by atoms with Gasteiger partial charge in [-0.15, -0.1) is 0 Å². The Bertz CT molecular complexity index is 2680. The Morgan fingerprint density at radius 1 is 0.328 bits per heavy atom. The average molecular weight is 751 g/mol. The van der Waals surface area contributed by atoms with Crippen molar-refractivity contribution in [3.8, 4) is 39.1 Å². The Morgan fingerprint density at radius 3 is 0.966 bits per heavy atom. The van der Waals surface area contributed by atoms with E-state index < -0.39 is 0 Å². The predicted molar refractivity (Wildman–Crippen MR) is 249 cm³/mol. The first kappa shape index (κ1) is 37.0. The van der Waals surface area contributed by atoms with Gasteiger partial charge in [0.15, 0.2) is 0 Å². The Morgan fingerprint density at radius 2 is 0.638 bits per heavy atom. The molecule has 9 aromatic rings. The van der Waals surface area contributed by atoms with Crippen LogP contribution in [-0.4, -0.2) is 4.57 Å². The molecule has 2 nitrogen and oxygen atoms in total. The number of nitrogens with zero attached hydrogens (tertiary/aromatic N) is 2. The summed E-state index contributed by atoms with van der Waals surface area (Å²) in [4.78, 5) is 2.34. The van der Waals surface area contributed by atoms with E-state index in [-0.39, 0.29) is 10.8 Å². The monoisotopic (exact) mass is 750 g/mol. The van der Waals surface area contributed by atoms with Crippen LogP contribution in [0.1, 0.15) is 52.7 Å². The quantitative estimate of drug-likeness (QED) is 0.157. The standard InChI is InChI=1S/C56H50N2/c1-55(2,3)45-25-35-53-51(37-45)52-38-46(56(4,5)6)26-36-54(52)58(53)50-33-23-44(24-34-50)43-21-31-49(32-22-43)57(47-27-17-41(18-28-47)39-13-9-7-10-14-39)48-29-19-42(20-30-48)40-15-11-8-12-16-40/h7-38H,1-6H3. The van der Waals surface area contributed by atoms with E-state index in [1.165, 1.54) is 66.3 Å². The summed E-state index contributed by atoms with van der Waals surface area (Å²) in [5.41, 5.74) is 17.0. The van der Waals surface area contributed by atoms with E-state index in [2.05, 4.69) is 245 Å². The molecule has 0 amide bonds. The molecule has 0 saturated carbocycles. The van der Waals surface area contributed by atoms with Gasteiger partial charge in [-0.2, -0.15) is 0 Å². The molecule has 0 bridgehead atoms. The lowest BCUT2D eigenvalue weighted by Crippen LogP contribution is -2.10. The largest absolute Gasteiger partial charge is 0.311 e. The summed E-state index contributed by atoms with van der Waals surface area (Å²) < 4.78 is 2.43. The lowest BCUT2D eigenvalue weighted by atomic mass is 9.85. The minimum absolute atomic E-state index is 0.0679. The van der Waals surface area contributed by atoms with Crippen molar-refractivity contribution in [2.45, 2.75) is 52.4 Å². The Hall–Kier alpha value is -6.64. The van der Waals surface area contributed by atoms with Crippen molar-refractivity contribution in [1.82, 2.24) is 4.57 Å². The predicted octanol–water partition coefficient (Wildman–Crippen LogP) is 15.8. The molecule has 58 heavy (non-hydrogen) atoms. The van der Waals surface area contributed by atoms with E-state index in [0.29, 0.717) is 0 Å². The third-order valence-electron chi connectivity index (χ3n) is 11.5. The summed E-state index contributed by atoms with van der Waals surface area (Å²) in [7, 11) is 0. The molecule has 2 heteroatoms. The maximum Gasteiger partial charge on any atom is 0.0541 e. The van der Waals surface area contributed by atoms with Crippen LogP contribution in [0, 0.1) is 0 Å². The second-order valence-corrected chi connectivity index (χ2v) is 17.6. The van der Waals surface area contributed by atoms with Crippen LogP contribution in [0.25, 0.3) is 60.9 Å². The fourth-order valence-electron chi connectivity index (χ4n) is 8.15. The molecule has 0 aliphatic heterocycles. The molecule has 0 unspecified atom stereocenters. The number of aromatic nitrogens is 1. The topological polar surface area (TPSA) is 8.17 Å². The minimum Gasteiger partial charge on any atom is -0.311 e. The number of rotatable bonds is 7. The van der Waals surface area contributed by atoms with E-state index >= 15 is 0 Å². The second kappa shape index (κ2) is 14.7. The number of benzene rings is 8. The first-order valence-corrected chi connectivity index (χ1v) is 20.4. The summed E-state index contributed by atoms with van der Waals surface area (Å²) >= 11 is 0. The molecule has 0 atom stereocenters. The molecule has 0 saturated heterocycles. The van der Waals surface area contributed by atoms with Crippen molar-refractivity contribution < 1.29 is 0 Å². The Labute approximate surface area is 343 Å². The van der Waals surface area contributed by atoms with Crippen LogP contribution < -0.4 is 4.90 Å². The molecular weight excluding hydrogens is 701 g/mol. The van der Waals surface area contributed by atoms with E-state index in [1.54, 1.807) is 0 Å². The van der Waals surface area contributed by atoms with Crippen molar-refractivity contribution in [1.29, 1.82) is 0 Å². The molecule has 284 valence electrons. The molecular formula is C56H50N2. The normalized spacial score (nSPS) is 12.0. The van der Waals surface area contributed by atoms with Crippen LogP contribution in [0.3, 0.4) is 0 Å². The van der Waals surface area contributed by atoms with Crippen LogP contribution in [0.5, 0.6) is 0 Å². The van der Waals surface area contributed by atoms with Crippen molar-refractivity contribution in [3.63, 3.8) is 0 Å². The second-order valence-electron chi connectivity index (χ2n) is 17.6. The van der Waals surface area contributed by atoms with Gasteiger partial charge in [0.25, 0.3) is 0 Å². The minimum atomic E-state index is 0.0679. The highest BCUT2D eigenvalue weighted by molar-refractivity contribution is 6.10. The van der Waals surface area contributed by atoms with Crippen molar-refractivity contribution in [3.05, 3.63) is 205 Å². The molecule has 0 N–H and O–H groups in total. The molecule has 0 fully saturated rings. The van der Waals surface area contributed by atoms with Gasteiger partial charge >= 0.3 is 0 Å². The van der Waals surface area contributed by atoms with Gasteiger partial charge in [0.05, 0.1) is 11.0 Å². The fourth-order valence-corrected chi connectivity index (χ4v) is 8.15. The highest BCUT2D eigenvalue weighted by Gasteiger charge is 2.21. The summed E-state index contributed by atoms with van der Waals surface area (Å²) in [6, 6.07) is 71.0. The van der Waals surface area contributed by atoms with Crippen LogP contribution in [0.2, 0.25) is 0 Å². The van der Waals surface area contributed by atoms with Gasteiger partial charge in [-0.1, -0.05) is 163 Å². The molecule has 0 aliphatic rings. The summed E-state index contributed by atoms with van der Waals surface area (Å²) in [6.45, 7) is 13.8. The number of hydrogen-bond acceptors (Lipinski definition) is 1. The summed E-state index contributed by atoms with van der Waals surface area (Å²) in [6.07, 6.45) is 0. The molecule has 1 heterocycles. The van der Waals surface area contributed by atoms with E-state index in [9.17, 15) is 0 Å². The first-order chi connectivity index (χ1) is 28.0. The van der Waals surface area contributed by atoms with Crippen LogP contribution in [0.4, 0.5) is 17.1 Å². The lowest BCUT2D eigenvalue weighted by molar-refractivity contribution is 0.590. The highest BCUT2D eigenvalue weighted by atomic mass is 15.1. The van der Waals surface area contributed by atoms with Crippen molar-refractivity contribution >= 4 is 38.9 Å². The zero-order valence-corrected chi connectivity index (χ0v) is 34.4. The number of fused-ring (bicyclic) bond motifs is 3. The van der Waals surface area contributed by atoms with Crippen LogP contribution in [-0.2, 0) is 10.8 Å². The van der Waals surface area contributed by atoms with Gasteiger partial charge in [-0.05, 0) is 128 Å². The zero-order valence-electron chi connectivity index (χ0n) is 34.4. The molecule has 0 radical (unpaired) electrons. The van der Waals surface area contributed by atoms with E-state index in [0.717, 1.165) is 22.7 Å². The molecule has 9 rings (SSSR count). The van der Waals surface area contributed by atoms with E-state index in [4.69, 9.17) is 0 Å². The maximum atomic E-state index is 2.43. The number of hydrogen-bond donors (Lipinski definition) is 0. The van der Waals surface area contributed by atoms with Crippen LogP contribution >= 0.6 is 0 Å². The Balaban J connectivity index is 1.06.